The molecule has 1 aliphatic heterocycles. The number of benzene rings is 2. The van der Waals surface area contributed by atoms with E-state index < -0.39 is 0 Å². The second-order valence-corrected chi connectivity index (χ2v) is 5.98. The van der Waals surface area contributed by atoms with E-state index >= 15 is 0 Å². The molecule has 122 valence electrons. The quantitative estimate of drug-likeness (QED) is 0.814. The molecule has 2 aromatic rings. The van der Waals surface area contributed by atoms with Gasteiger partial charge < -0.3 is 9.47 Å². The van der Waals surface area contributed by atoms with E-state index in [4.69, 9.17) is 9.47 Å². The van der Waals surface area contributed by atoms with Gasteiger partial charge in [-0.25, -0.2) is 0 Å². The van der Waals surface area contributed by atoms with Crippen molar-refractivity contribution in [2.75, 3.05) is 40.0 Å². The summed E-state index contributed by atoms with van der Waals surface area (Å²) in [5.41, 5.74) is 2.73. The van der Waals surface area contributed by atoms with Crippen molar-refractivity contribution in [3.63, 3.8) is 0 Å². The maximum Gasteiger partial charge on any atom is 0.118 e. The highest BCUT2D eigenvalue weighted by Crippen LogP contribution is 2.29. The van der Waals surface area contributed by atoms with E-state index in [1.807, 2.05) is 0 Å². The van der Waals surface area contributed by atoms with Crippen molar-refractivity contribution < 1.29 is 9.47 Å². The van der Waals surface area contributed by atoms with Crippen molar-refractivity contribution in [1.29, 1.82) is 0 Å². The summed E-state index contributed by atoms with van der Waals surface area (Å²) >= 11 is 0. The van der Waals surface area contributed by atoms with E-state index in [1.165, 1.54) is 11.1 Å². The molecule has 0 saturated carbocycles. The van der Waals surface area contributed by atoms with Gasteiger partial charge in [-0.05, 0) is 36.2 Å². The fraction of sp³-hybridized carbons (Fsp3) is 0.400. The standard InChI is InChI=1S/C20H25NO2/c1-22-19-9-7-18(8-10-19)20(17-5-3-2-4-6-17)11-12-21-13-15-23-16-14-21/h2-10,20H,11-16H2,1H3. The Morgan fingerprint density at radius 1 is 0.957 bits per heavy atom. The van der Waals surface area contributed by atoms with Crippen molar-refractivity contribution in [2.24, 2.45) is 0 Å². The van der Waals surface area contributed by atoms with Gasteiger partial charge in [0, 0.05) is 19.0 Å². The molecule has 23 heavy (non-hydrogen) atoms. The highest BCUT2D eigenvalue weighted by molar-refractivity contribution is 5.36. The summed E-state index contributed by atoms with van der Waals surface area (Å²) in [7, 11) is 1.71. The number of rotatable bonds is 6. The summed E-state index contributed by atoms with van der Waals surface area (Å²) in [6.07, 6.45) is 1.12. The summed E-state index contributed by atoms with van der Waals surface area (Å²) in [4.78, 5) is 2.50. The van der Waals surface area contributed by atoms with Crippen LogP contribution in [0.4, 0.5) is 0 Å². The predicted octanol–water partition coefficient (Wildman–Crippen LogP) is 3.55. The topological polar surface area (TPSA) is 21.7 Å². The van der Waals surface area contributed by atoms with Crippen LogP contribution < -0.4 is 4.74 Å². The van der Waals surface area contributed by atoms with E-state index in [0.717, 1.165) is 45.0 Å². The summed E-state index contributed by atoms with van der Waals surface area (Å²) in [6.45, 7) is 4.92. The lowest BCUT2D eigenvalue weighted by Gasteiger charge is -2.28. The van der Waals surface area contributed by atoms with Gasteiger partial charge in [-0.1, -0.05) is 42.5 Å². The normalized spacial score (nSPS) is 16.9. The second-order valence-electron chi connectivity index (χ2n) is 5.98. The van der Waals surface area contributed by atoms with Gasteiger partial charge in [-0.2, -0.15) is 0 Å². The molecule has 3 nitrogen and oxygen atoms in total. The van der Waals surface area contributed by atoms with Crippen molar-refractivity contribution in [1.82, 2.24) is 4.90 Å². The molecule has 0 N–H and O–H groups in total. The van der Waals surface area contributed by atoms with Gasteiger partial charge in [-0.3, -0.25) is 4.90 Å². The molecule has 0 radical (unpaired) electrons. The Bertz CT molecular complexity index is 576. The van der Waals surface area contributed by atoms with Crippen LogP contribution in [0.5, 0.6) is 5.75 Å². The Balaban J connectivity index is 1.75. The molecule has 0 aromatic heterocycles. The van der Waals surface area contributed by atoms with Crippen LogP contribution in [-0.4, -0.2) is 44.9 Å². The lowest BCUT2D eigenvalue weighted by Crippen LogP contribution is -2.37. The Morgan fingerprint density at radius 3 is 2.26 bits per heavy atom. The van der Waals surface area contributed by atoms with Gasteiger partial charge >= 0.3 is 0 Å². The summed E-state index contributed by atoms with van der Waals surface area (Å²) in [6, 6.07) is 19.3. The highest BCUT2D eigenvalue weighted by Gasteiger charge is 2.17. The molecule has 3 heteroatoms. The molecular weight excluding hydrogens is 286 g/mol. The molecule has 0 amide bonds. The molecule has 2 aromatic carbocycles. The average Bonchev–Trinajstić information content (AvgIpc) is 2.64. The molecule has 1 aliphatic rings. The fourth-order valence-corrected chi connectivity index (χ4v) is 3.18. The molecule has 0 aliphatic carbocycles. The lowest BCUT2D eigenvalue weighted by molar-refractivity contribution is 0.0369. The molecule has 1 unspecified atom stereocenters. The number of hydrogen-bond acceptors (Lipinski definition) is 3. The fourth-order valence-electron chi connectivity index (χ4n) is 3.18. The minimum absolute atomic E-state index is 0.421. The average molecular weight is 311 g/mol. The summed E-state index contributed by atoms with van der Waals surface area (Å²) in [5.74, 6) is 1.33. The predicted molar refractivity (Wildman–Crippen MR) is 93.2 cm³/mol. The molecule has 1 atom stereocenters. The van der Waals surface area contributed by atoms with Crippen LogP contribution in [0.3, 0.4) is 0 Å². The lowest BCUT2D eigenvalue weighted by atomic mass is 9.88. The first-order valence-electron chi connectivity index (χ1n) is 8.36. The maximum absolute atomic E-state index is 5.45. The summed E-state index contributed by atoms with van der Waals surface area (Å²) in [5, 5.41) is 0. The van der Waals surface area contributed by atoms with E-state index in [1.54, 1.807) is 7.11 Å². The minimum atomic E-state index is 0.421. The number of morpholine rings is 1. The van der Waals surface area contributed by atoms with Crippen molar-refractivity contribution in [3.05, 3.63) is 65.7 Å². The smallest absolute Gasteiger partial charge is 0.118 e. The zero-order valence-corrected chi connectivity index (χ0v) is 13.8. The van der Waals surface area contributed by atoms with Gasteiger partial charge in [-0.15, -0.1) is 0 Å². The Hall–Kier alpha value is -1.84. The zero-order chi connectivity index (χ0) is 15.9. The first-order chi connectivity index (χ1) is 11.4. The van der Waals surface area contributed by atoms with E-state index in [-0.39, 0.29) is 0 Å². The highest BCUT2D eigenvalue weighted by atomic mass is 16.5. The first kappa shape index (κ1) is 16.0. The molecule has 0 bridgehead atoms. The third-order valence-corrected chi connectivity index (χ3v) is 4.56. The molecule has 0 spiro atoms. The van der Waals surface area contributed by atoms with Crippen molar-refractivity contribution >= 4 is 0 Å². The Morgan fingerprint density at radius 2 is 1.61 bits per heavy atom. The molecule has 1 heterocycles. The van der Waals surface area contributed by atoms with Gasteiger partial charge in [0.1, 0.15) is 5.75 Å². The van der Waals surface area contributed by atoms with Crippen LogP contribution in [0.15, 0.2) is 54.6 Å². The number of ether oxygens (including phenoxy) is 2. The number of nitrogens with zero attached hydrogens (tertiary/aromatic N) is 1. The minimum Gasteiger partial charge on any atom is -0.497 e. The molecule has 3 rings (SSSR count). The largest absolute Gasteiger partial charge is 0.497 e. The van der Waals surface area contributed by atoms with Gasteiger partial charge in [0.05, 0.1) is 20.3 Å². The SMILES string of the molecule is COc1ccc(C(CCN2CCOCC2)c2ccccc2)cc1. The van der Waals surface area contributed by atoms with Crippen LogP contribution in [0, 0.1) is 0 Å². The Kier molecular flexibility index (Phi) is 5.67. The number of hydrogen-bond donors (Lipinski definition) is 0. The first-order valence-corrected chi connectivity index (χ1v) is 8.36. The van der Waals surface area contributed by atoms with Crippen molar-refractivity contribution in [3.8, 4) is 5.75 Å². The van der Waals surface area contributed by atoms with Crippen molar-refractivity contribution in [2.45, 2.75) is 12.3 Å². The maximum atomic E-state index is 5.45. The van der Waals surface area contributed by atoms with Crippen LogP contribution in [-0.2, 0) is 4.74 Å². The van der Waals surface area contributed by atoms with E-state index in [2.05, 4.69) is 59.5 Å². The second kappa shape index (κ2) is 8.14. The van der Waals surface area contributed by atoms with Gasteiger partial charge in [0.15, 0.2) is 0 Å². The molecule has 1 fully saturated rings. The monoisotopic (exact) mass is 311 g/mol. The number of methoxy groups -OCH3 is 1. The van der Waals surface area contributed by atoms with E-state index in [9.17, 15) is 0 Å². The van der Waals surface area contributed by atoms with Crippen LogP contribution in [0.25, 0.3) is 0 Å². The van der Waals surface area contributed by atoms with Crippen LogP contribution >= 0.6 is 0 Å². The van der Waals surface area contributed by atoms with Crippen LogP contribution in [0.1, 0.15) is 23.5 Å². The molecular formula is C20H25NO2. The van der Waals surface area contributed by atoms with E-state index in [0.29, 0.717) is 5.92 Å². The third kappa shape index (κ3) is 4.34. The van der Waals surface area contributed by atoms with Gasteiger partial charge in [0.25, 0.3) is 0 Å². The van der Waals surface area contributed by atoms with Gasteiger partial charge in [0.2, 0.25) is 0 Å². The summed E-state index contributed by atoms with van der Waals surface area (Å²) < 4.78 is 10.7. The third-order valence-electron chi connectivity index (χ3n) is 4.56. The Labute approximate surface area is 138 Å². The zero-order valence-electron chi connectivity index (χ0n) is 13.8. The molecule has 1 saturated heterocycles. The van der Waals surface area contributed by atoms with Crippen LogP contribution in [0.2, 0.25) is 0 Å².